The SMILES string of the molecule is C/C=C1\N(CC)c2ccc(S(=O)(=O)O)cc2C1(C)C. The van der Waals surface area contributed by atoms with Gasteiger partial charge in [0.2, 0.25) is 0 Å². The second-order valence-electron chi connectivity index (χ2n) is 5.20. The molecule has 0 radical (unpaired) electrons. The van der Waals surface area contributed by atoms with Gasteiger partial charge in [-0.15, -0.1) is 0 Å². The van der Waals surface area contributed by atoms with Gasteiger partial charge in [-0.25, -0.2) is 0 Å². The minimum absolute atomic E-state index is 0.0484. The number of rotatable bonds is 2. The molecule has 2 rings (SSSR count). The lowest BCUT2D eigenvalue weighted by Gasteiger charge is -2.25. The Hall–Kier alpha value is -1.33. The van der Waals surface area contributed by atoms with Crippen molar-refractivity contribution in [3.8, 4) is 0 Å². The molecular formula is C14H19NO3S. The van der Waals surface area contributed by atoms with Gasteiger partial charge in [-0.05, 0) is 37.6 Å². The van der Waals surface area contributed by atoms with E-state index in [9.17, 15) is 13.0 Å². The van der Waals surface area contributed by atoms with Crippen LogP contribution in [0.1, 0.15) is 33.3 Å². The van der Waals surface area contributed by atoms with Crippen molar-refractivity contribution in [1.29, 1.82) is 0 Å². The number of allylic oxidation sites excluding steroid dienone is 2. The number of benzene rings is 1. The van der Waals surface area contributed by atoms with Crippen LogP contribution in [0, 0.1) is 0 Å². The highest BCUT2D eigenvalue weighted by Gasteiger charge is 2.39. The van der Waals surface area contributed by atoms with E-state index in [1.807, 2.05) is 6.92 Å². The Kier molecular flexibility index (Phi) is 3.23. The maximum absolute atomic E-state index is 11.3. The van der Waals surface area contributed by atoms with Gasteiger partial charge in [0, 0.05) is 23.3 Å². The molecule has 1 aromatic carbocycles. The third kappa shape index (κ3) is 2.07. The van der Waals surface area contributed by atoms with Crippen LogP contribution in [0.15, 0.2) is 34.9 Å². The molecule has 0 aliphatic carbocycles. The standard InChI is InChI=1S/C14H19NO3S/c1-5-13-14(3,4)11-9-10(19(16,17)18)7-8-12(11)15(13)6-2/h5,7-9H,6H2,1-4H3,(H,16,17,18)/b13-5-. The predicted molar refractivity (Wildman–Crippen MR) is 76.1 cm³/mol. The molecule has 19 heavy (non-hydrogen) atoms. The first-order chi connectivity index (χ1) is 8.73. The molecule has 0 amide bonds. The van der Waals surface area contributed by atoms with Gasteiger partial charge in [-0.3, -0.25) is 4.55 Å². The molecule has 0 fully saturated rings. The van der Waals surface area contributed by atoms with E-state index in [4.69, 9.17) is 0 Å². The maximum Gasteiger partial charge on any atom is 0.294 e. The van der Waals surface area contributed by atoms with Gasteiger partial charge in [0.05, 0.1) is 4.90 Å². The van der Waals surface area contributed by atoms with Crippen molar-refractivity contribution in [2.45, 2.75) is 38.0 Å². The molecule has 1 aliphatic rings. The molecule has 0 spiro atoms. The number of hydrogen-bond donors (Lipinski definition) is 1. The van der Waals surface area contributed by atoms with Crippen LogP contribution in [-0.2, 0) is 15.5 Å². The summed E-state index contributed by atoms with van der Waals surface area (Å²) in [5, 5.41) is 0. The van der Waals surface area contributed by atoms with E-state index in [-0.39, 0.29) is 10.3 Å². The monoisotopic (exact) mass is 281 g/mol. The number of fused-ring (bicyclic) bond motifs is 1. The summed E-state index contributed by atoms with van der Waals surface area (Å²) in [7, 11) is -4.16. The molecular weight excluding hydrogens is 262 g/mol. The number of hydrogen-bond acceptors (Lipinski definition) is 3. The lowest BCUT2D eigenvalue weighted by atomic mass is 9.84. The Morgan fingerprint density at radius 2 is 2.00 bits per heavy atom. The highest BCUT2D eigenvalue weighted by atomic mass is 32.2. The third-order valence-electron chi connectivity index (χ3n) is 3.75. The molecule has 104 valence electrons. The summed E-state index contributed by atoms with van der Waals surface area (Å²) < 4.78 is 31.7. The molecule has 0 aromatic heterocycles. The van der Waals surface area contributed by atoms with Crippen LogP contribution in [0.5, 0.6) is 0 Å². The summed E-state index contributed by atoms with van der Waals surface area (Å²) in [6.45, 7) is 8.98. The largest absolute Gasteiger partial charge is 0.345 e. The van der Waals surface area contributed by atoms with Crippen LogP contribution in [0.4, 0.5) is 5.69 Å². The highest BCUT2D eigenvalue weighted by Crippen LogP contribution is 2.48. The van der Waals surface area contributed by atoms with E-state index in [1.165, 1.54) is 6.07 Å². The van der Waals surface area contributed by atoms with Gasteiger partial charge >= 0.3 is 0 Å². The molecule has 1 aromatic rings. The molecule has 4 nitrogen and oxygen atoms in total. The second kappa shape index (κ2) is 4.35. The van der Waals surface area contributed by atoms with Crippen LogP contribution in [0.2, 0.25) is 0 Å². The van der Waals surface area contributed by atoms with Crippen LogP contribution < -0.4 is 4.90 Å². The first-order valence-corrected chi connectivity index (χ1v) is 7.73. The van der Waals surface area contributed by atoms with Crippen molar-refractivity contribution in [2.24, 2.45) is 0 Å². The van der Waals surface area contributed by atoms with Gasteiger partial charge in [-0.1, -0.05) is 19.9 Å². The topological polar surface area (TPSA) is 57.6 Å². The lowest BCUT2D eigenvalue weighted by molar-refractivity contribution is 0.483. The third-order valence-corrected chi connectivity index (χ3v) is 4.60. The summed E-state index contributed by atoms with van der Waals surface area (Å²) in [5.74, 6) is 0. The molecule has 5 heteroatoms. The van der Waals surface area contributed by atoms with E-state index in [0.717, 1.165) is 23.5 Å². The zero-order valence-corrected chi connectivity index (χ0v) is 12.5. The molecule has 0 bridgehead atoms. The van der Waals surface area contributed by atoms with E-state index in [1.54, 1.807) is 12.1 Å². The van der Waals surface area contributed by atoms with Gasteiger partial charge in [-0.2, -0.15) is 8.42 Å². The minimum Gasteiger partial charge on any atom is -0.345 e. The van der Waals surface area contributed by atoms with Crippen molar-refractivity contribution in [2.75, 3.05) is 11.4 Å². The summed E-state index contributed by atoms with van der Waals surface area (Å²) >= 11 is 0. The summed E-state index contributed by atoms with van der Waals surface area (Å²) in [6, 6.07) is 4.79. The zero-order valence-electron chi connectivity index (χ0n) is 11.6. The van der Waals surface area contributed by atoms with Crippen LogP contribution >= 0.6 is 0 Å². The fourth-order valence-corrected chi connectivity index (χ4v) is 3.38. The Labute approximate surface area is 114 Å². The Balaban J connectivity index is 2.71. The first-order valence-electron chi connectivity index (χ1n) is 6.29. The molecule has 0 saturated carbocycles. The van der Waals surface area contributed by atoms with Crippen molar-refractivity contribution in [3.05, 3.63) is 35.5 Å². The predicted octanol–water partition coefficient (Wildman–Crippen LogP) is 2.95. The Morgan fingerprint density at radius 3 is 2.47 bits per heavy atom. The molecule has 1 heterocycles. The van der Waals surface area contributed by atoms with Crippen LogP contribution in [-0.4, -0.2) is 19.5 Å². The van der Waals surface area contributed by atoms with Crippen molar-refractivity contribution in [1.82, 2.24) is 0 Å². The van der Waals surface area contributed by atoms with Gasteiger partial charge < -0.3 is 4.90 Å². The maximum atomic E-state index is 11.3. The Morgan fingerprint density at radius 1 is 1.37 bits per heavy atom. The van der Waals surface area contributed by atoms with E-state index < -0.39 is 10.1 Å². The number of likely N-dealkylation sites (N-methyl/N-ethyl adjacent to an activating group) is 1. The van der Waals surface area contributed by atoms with Gasteiger partial charge in [0.1, 0.15) is 0 Å². The van der Waals surface area contributed by atoms with Crippen molar-refractivity contribution < 1.29 is 13.0 Å². The molecule has 0 atom stereocenters. The molecule has 1 N–H and O–H groups in total. The summed E-state index contributed by atoms with van der Waals surface area (Å²) in [6.07, 6.45) is 2.05. The van der Waals surface area contributed by atoms with Crippen molar-refractivity contribution >= 4 is 15.8 Å². The van der Waals surface area contributed by atoms with E-state index >= 15 is 0 Å². The van der Waals surface area contributed by atoms with Crippen LogP contribution in [0.25, 0.3) is 0 Å². The van der Waals surface area contributed by atoms with Gasteiger partial charge in [0.15, 0.2) is 0 Å². The second-order valence-corrected chi connectivity index (χ2v) is 6.62. The normalized spacial score (nSPS) is 19.8. The smallest absolute Gasteiger partial charge is 0.294 e. The minimum atomic E-state index is -4.16. The van der Waals surface area contributed by atoms with E-state index in [2.05, 4.69) is 31.7 Å². The Bertz CT molecular complexity index is 645. The molecule has 0 saturated heterocycles. The average Bonchev–Trinajstić information content (AvgIpc) is 2.55. The zero-order chi connectivity index (χ0) is 14.4. The fraction of sp³-hybridized carbons (Fsp3) is 0.429. The van der Waals surface area contributed by atoms with Crippen LogP contribution in [0.3, 0.4) is 0 Å². The fourth-order valence-electron chi connectivity index (χ4n) is 2.87. The molecule has 1 aliphatic heterocycles. The summed E-state index contributed by atoms with van der Waals surface area (Å²) in [4.78, 5) is 2.12. The number of nitrogens with zero attached hydrogens (tertiary/aromatic N) is 1. The summed E-state index contributed by atoms with van der Waals surface area (Å²) in [5.41, 5.74) is 2.82. The lowest BCUT2D eigenvalue weighted by Crippen LogP contribution is -2.25. The quantitative estimate of drug-likeness (QED) is 0.847. The number of anilines is 1. The van der Waals surface area contributed by atoms with E-state index in [0.29, 0.717) is 0 Å². The molecule has 0 unspecified atom stereocenters. The van der Waals surface area contributed by atoms with Gasteiger partial charge in [0.25, 0.3) is 10.1 Å². The first kappa shape index (κ1) is 14.1. The average molecular weight is 281 g/mol. The van der Waals surface area contributed by atoms with Crippen molar-refractivity contribution in [3.63, 3.8) is 0 Å². The highest BCUT2D eigenvalue weighted by molar-refractivity contribution is 7.85.